The summed E-state index contributed by atoms with van der Waals surface area (Å²) < 4.78 is 1.22. The highest BCUT2D eigenvalue weighted by atomic mass is 127. The molecule has 4 rings (SSSR count). The first-order valence-electron chi connectivity index (χ1n) is 14.6. The summed E-state index contributed by atoms with van der Waals surface area (Å²) in [5, 5.41) is 0. The van der Waals surface area contributed by atoms with Crippen LogP contribution < -0.4 is 0 Å². The van der Waals surface area contributed by atoms with E-state index in [4.69, 9.17) is 0 Å². The Morgan fingerprint density at radius 2 is 1.08 bits per heavy atom. The van der Waals surface area contributed by atoms with Crippen LogP contribution in [0, 0.1) is 0 Å². The molecule has 0 saturated heterocycles. The number of halogens is 2. The average molecular weight is 747 g/mol. The van der Waals surface area contributed by atoms with Gasteiger partial charge in [-0.1, -0.05) is 103 Å². The molecule has 1 aromatic rings. The molecule has 3 saturated carbocycles. The van der Waals surface area contributed by atoms with Crippen LogP contribution in [0.3, 0.4) is 0 Å². The van der Waals surface area contributed by atoms with Gasteiger partial charge in [-0.05, 0) is 56.7 Å². The van der Waals surface area contributed by atoms with E-state index in [1.807, 2.05) is 21.7 Å². The summed E-state index contributed by atoms with van der Waals surface area (Å²) in [6.45, 7) is 0. The van der Waals surface area contributed by atoms with Crippen LogP contribution in [0.5, 0.6) is 0 Å². The van der Waals surface area contributed by atoms with E-state index >= 15 is 0 Å². The Hall–Kier alpha value is -0.910. The molecule has 0 unspecified atom stereocenters. The van der Waals surface area contributed by atoms with Crippen molar-refractivity contribution in [2.24, 2.45) is 0 Å². The Bertz CT molecular complexity index is 969. The zero-order valence-electron chi connectivity index (χ0n) is 22.8. The maximum atomic E-state index is 14.0. The van der Waals surface area contributed by atoms with E-state index in [0.29, 0.717) is 25.8 Å². The van der Waals surface area contributed by atoms with Crippen LogP contribution in [0.2, 0.25) is 0 Å². The molecule has 0 bridgehead atoms. The summed E-state index contributed by atoms with van der Waals surface area (Å²) in [5.41, 5.74) is 1.34. The molecule has 38 heavy (non-hydrogen) atoms. The smallest absolute Gasteiger partial charge is 0.255 e. The van der Waals surface area contributed by atoms with Crippen molar-refractivity contribution >= 4 is 62.9 Å². The summed E-state index contributed by atoms with van der Waals surface area (Å²) in [6.07, 6.45) is 16.6. The second-order valence-electron chi connectivity index (χ2n) is 11.3. The van der Waals surface area contributed by atoms with Crippen LogP contribution in [0.15, 0.2) is 18.2 Å². The number of hydrogen-bond acceptors (Lipinski definition) is 3. The largest absolute Gasteiger partial charge is 0.339 e. The van der Waals surface area contributed by atoms with Crippen molar-refractivity contribution in [1.29, 1.82) is 0 Å². The maximum Gasteiger partial charge on any atom is 0.255 e. The van der Waals surface area contributed by atoms with Crippen molar-refractivity contribution in [2.45, 2.75) is 114 Å². The summed E-state index contributed by atoms with van der Waals surface area (Å²) in [5.74, 6) is -0.243. The second-order valence-corrected chi connectivity index (χ2v) is 12.7. The van der Waals surface area contributed by atoms with Gasteiger partial charge >= 0.3 is 0 Å². The fourth-order valence-corrected chi connectivity index (χ4v) is 8.34. The normalized spacial score (nSPS) is 19.7. The number of hydrogen-bond donors (Lipinski definition) is 0. The average Bonchev–Trinajstić information content (AvgIpc) is 2.98. The molecule has 0 aliphatic heterocycles. The molecule has 0 aromatic heterocycles. The molecule has 0 N–H and O–H groups in total. The molecule has 3 aliphatic rings. The highest BCUT2D eigenvalue weighted by Crippen LogP contribution is 2.29. The first kappa shape index (κ1) is 30.1. The topological polar surface area (TPSA) is 60.9 Å². The van der Waals surface area contributed by atoms with Gasteiger partial charge in [0.1, 0.15) is 0 Å². The van der Waals surface area contributed by atoms with Crippen molar-refractivity contribution < 1.29 is 14.4 Å². The summed E-state index contributed by atoms with van der Waals surface area (Å²) in [7, 11) is 1.87. The molecule has 0 spiro atoms. The predicted octanol–water partition coefficient (Wildman–Crippen LogP) is 7.43. The Labute approximate surface area is 255 Å². The predicted molar refractivity (Wildman–Crippen MR) is 169 cm³/mol. The minimum absolute atomic E-state index is 0.0299. The third-order valence-corrected chi connectivity index (χ3v) is 10.5. The number of amides is 3. The lowest BCUT2D eigenvalue weighted by atomic mass is 9.92. The molecule has 3 fully saturated rings. The zero-order valence-corrected chi connectivity index (χ0v) is 27.1. The number of alkyl halides is 2. The van der Waals surface area contributed by atoms with Gasteiger partial charge in [-0.25, -0.2) is 0 Å². The SMILES string of the molecule is CN(C(=O)c1cc(C(=O)N(CI)C2CCCCC2)ccc1C(=O)N(CI)C1CCCCC1)C1CCCCC1. The van der Waals surface area contributed by atoms with E-state index in [-0.39, 0.29) is 35.8 Å². The van der Waals surface area contributed by atoms with Crippen LogP contribution in [-0.2, 0) is 0 Å². The second kappa shape index (κ2) is 14.6. The lowest BCUT2D eigenvalue weighted by molar-refractivity contribution is 0.0650. The molecular formula is C30H43I2N3O3. The summed E-state index contributed by atoms with van der Waals surface area (Å²) in [4.78, 5) is 47.5. The first-order chi connectivity index (χ1) is 18.5. The highest BCUT2D eigenvalue weighted by Gasteiger charge is 2.32. The number of carbonyl (C=O) groups is 3. The molecular weight excluding hydrogens is 704 g/mol. The van der Waals surface area contributed by atoms with E-state index < -0.39 is 0 Å². The third-order valence-electron chi connectivity index (χ3n) is 8.98. The third kappa shape index (κ3) is 7.04. The van der Waals surface area contributed by atoms with Crippen LogP contribution >= 0.6 is 45.2 Å². The molecule has 6 nitrogen and oxygen atoms in total. The van der Waals surface area contributed by atoms with Gasteiger partial charge in [-0.2, -0.15) is 0 Å². The molecule has 8 heteroatoms. The van der Waals surface area contributed by atoms with Gasteiger partial charge in [0.2, 0.25) is 0 Å². The lowest BCUT2D eigenvalue weighted by Gasteiger charge is -2.35. The maximum absolute atomic E-state index is 14.0. The van der Waals surface area contributed by atoms with Gasteiger partial charge in [-0.15, -0.1) is 0 Å². The number of benzene rings is 1. The quantitative estimate of drug-likeness (QED) is 0.158. The number of nitrogens with zero attached hydrogens (tertiary/aromatic N) is 3. The van der Waals surface area contributed by atoms with Gasteiger partial charge in [0.05, 0.1) is 20.2 Å². The molecule has 3 amide bonds. The van der Waals surface area contributed by atoms with E-state index in [1.54, 1.807) is 18.2 Å². The van der Waals surface area contributed by atoms with Crippen molar-refractivity contribution in [2.75, 3.05) is 16.2 Å². The summed E-state index contributed by atoms with van der Waals surface area (Å²) >= 11 is 4.55. The minimum atomic E-state index is -0.134. The highest BCUT2D eigenvalue weighted by molar-refractivity contribution is 14.1. The fraction of sp³-hybridized carbons (Fsp3) is 0.700. The van der Waals surface area contributed by atoms with Gasteiger partial charge in [0, 0.05) is 30.7 Å². The molecule has 1 aromatic carbocycles. The lowest BCUT2D eigenvalue weighted by Crippen LogP contribution is -2.43. The van der Waals surface area contributed by atoms with Gasteiger partial charge in [0.25, 0.3) is 17.7 Å². The Morgan fingerprint density at radius 3 is 1.55 bits per heavy atom. The molecule has 0 heterocycles. The number of rotatable bonds is 8. The van der Waals surface area contributed by atoms with Gasteiger partial charge < -0.3 is 14.7 Å². The number of carbonyl (C=O) groups excluding carboxylic acids is 3. The standard InChI is InChI=1S/C30H43I2N3O3/c1-33(23-11-5-2-6-12-23)29(37)27-19-22(28(36)34(20-31)24-13-7-3-8-14-24)17-18-26(27)30(38)35(21-32)25-15-9-4-10-16-25/h17-19,23-25H,2-16,20-21H2,1H3. The van der Waals surface area contributed by atoms with Crippen molar-refractivity contribution in [3.63, 3.8) is 0 Å². The zero-order chi connectivity index (χ0) is 27.1. The van der Waals surface area contributed by atoms with Crippen LogP contribution in [-0.4, -0.2) is 66.7 Å². The van der Waals surface area contributed by atoms with Crippen molar-refractivity contribution in [3.05, 3.63) is 34.9 Å². The summed E-state index contributed by atoms with van der Waals surface area (Å²) in [6, 6.07) is 5.91. The Balaban J connectivity index is 1.67. The van der Waals surface area contributed by atoms with Crippen molar-refractivity contribution in [3.8, 4) is 0 Å². The van der Waals surface area contributed by atoms with Crippen LogP contribution in [0.4, 0.5) is 0 Å². The van der Waals surface area contributed by atoms with Gasteiger partial charge in [0.15, 0.2) is 0 Å². The van der Waals surface area contributed by atoms with Crippen LogP contribution in [0.1, 0.15) is 127 Å². The van der Waals surface area contributed by atoms with Crippen molar-refractivity contribution in [1.82, 2.24) is 14.7 Å². The van der Waals surface area contributed by atoms with E-state index in [9.17, 15) is 14.4 Å². The van der Waals surface area contributed by atoms with Gasteiger partial charge in [-0.3, -0.25) is 14.4 Å². The van der Waals surface area contributed by atoms with E-state index in [2.05, 4.69) is 45.2 Å². The van der Waals surface area contributed by atoms with E-state index in [0.717, 1.165) is 77.0 Å². The van der Waals surface area contributed by atoms with Crippen LogP contribution in [0.25, 0.3) is 0 Å². The fourth-order valence-electron chi connectivity index (χ4n) is 6.61. The van der Waals surface area contributed by atoms with E-state index in [1.165, 1.54) is 19.3 Å². The monoisotopic (exact) mass is 747 g/mol. The minimum Gasteiger partial charge on any atom is -0.339 e. The molecule has 0 radical (unpaired) electrons. The Kier molecular flexibility index (Phi) is 11.6. The molecule has 210 valence electrons. The first-order valence-corrected chi connectivity index (χ1v) is 17.7. The molecule has 3 aliphatic carbocycles. The molecule has 0 atom stereocenters. The Morgan fingerprint density at radius 1 is 0.632 bits per heavy atom.